The van der Waals surface area contributed by atoms with E-state index in [0.29, 0.717) is 12.8 Å². The van der Waals surface area contributed by atoms with E-state index in [-0.39, 0.29) is 42.6 Å². The molecule has 1 saturated heterocycles. The van der Waals surface area contributed by atoms with Crippen molar-refractivity contribution in [1.29, 1.82) is 0 Å². The first-order chi connectivity index (χ1) is 12.0. The maximum Gasteiger partial charge on any atom is 0.318 e. The number of amides is 1. The molecular formula is C19H23NO5. The summed E-state index contributed by atoms with van der Waals surface area (Å²) in [5.41, 5.74) is 0.985. The van der Waals surface area contributed by atoms with Gasteiger partial charge in [0.05, 0.1) is 13.7 Å². The maximum atomic E-state index is 12.7. The van der Waals surface area contributed by atoms with E-state index < -0.39 is 11.9 Å². The van der Waals surface area contributed by atoms with Crippen LogP contribution in [0.1, 0.15) is 37.7 Å². The number of benzene rings is 1. The minimum atomic E-state index is -0.882. The molecule has 6 heteroatoms. The third kappa shape index (κ3) is 3.38. The van der Waals surface area contributed by atoms with E-state index >= 15 is 0 Å². The van der Waals surface area contributed by atoms with Crippen molar-refractivity contribution in [2.75, 3.05) is 13.7 Å². The van der Waals surface area contributed by atoms with Crippen molar-refractivity contribution >= 4 is 17.7 Å². The van der Waals surface area contributed by atoms with Gasteiger partial charge in [0.1, 0.15) is 17.5 Å². The highest BCUT2D eigenvalue weighted by molar-refractivity contribution is 6.00. The number of carbonyl (C=O) groups excluding carboxylic acids is 3. The fraction of sp³-hybridized carbons (Fsp3) is 0.526. The molecule has 6 nitrogen and oxygen atoms in total. The number of rotatable bonds is 4. The second kappa shape index (κ2) is 7.25. The molecule has 1 amide bonds. The Hall–Kier alpha value is -2.37. The van der Waals surface area contributed by atoms with Crippen molar-refractivity contribution in [2.24, 2.45) is 11.8 Å². The van der Waals surface area contributed by atoms with Gasteiger partial charge in [-0.2, -0.15) is 0 Å². The molecule has 2 fully saturated rings. The molecule has 134 valence electrons. The number of hydrogen-bond donors (Lipinski definition) is 1. The molecule has 1 aliphatic heterocycles. The van der Waals surface area contributed by atoms with Crippen LogP contribution in [0.5, 0.6) is 5.75 Å². The highest BCUT2D eigenvalue weighted by atomic mass is 16.5. The number of esters is 1. The van der Waals surface area contributed by atoms with Crippen molar-refractivity contribution in [3.05, 3.63) is 29.8 Å². The van der Waals surface area contributed by atoms with E-state index in [1.807, 2.05) is 24.3 Å². The van der Waals surface area contributed by atoms with Crippen LogP contribution in [0.4, 0.5) is 0 Å². The third-order valence-electron chi connectivity index (χ3n) is 5.17. The number of nitrogens with one attached hydrogen (secondary N) is 1. The van der Waals surface area contributed by atoms with Gasteiger partial charge in [-0.15, -0.1) is 0 Å². The van der Waals surface area contributed by atoms with Gasteiger partial charge in [-0.25, -0.2) is 0 Å². The lowest BCUT2D eigenvalue weighted by atomic mass is 9.69. The lowest BCUT2D eigenvalue weighted by Crippen LogP contribution is -2.56. The Kier molecular flexibility index (Phi) is 5.06. The van der Waals surface area contributed by atoms with E-state index in [4.69, 9.17) is 9.47 Å². The fourth-order valence-corrected chi connectivity index (χ4v) is 3.96. The van der Waals surface area contributed by atoms with Crippen LogP contribution in [0.15, 0.2) is 24.3 Å². The van der Waals surface area contributed by atoms with Gasteiger partial charge in [0, 0.05) is 18.4 Å². The Morgan fingerprint density at radius 1 is 1.24 bits per heavy atom. The van der Waals surface area contributed by atoms with Crippen LogP contribution in [0, 0.1) is 11.8 Å². The molecule has 4 atom stereocenters. The molecule has 0 bridgehead atoms. The Labute approximate surface area is 146 Å². The Morgan fingerprint density at radius 2 is 2.00 bits per heavy atom. The van der Waals surface area contributed by atoms with Gasteiger partial charge in [-0.1, -0.05) is 18.2 Å². The number of methoxy groups -OCH3 is 1. The predicted octanol–water partition coefficient (Wildman–Crippen LogP) is 1.83. The zero-order valence-electron chi connectivity index (χ0n) is 14.5. The van der Waals surface area contributed by atoms with Crippen LogP contribution >= 0.6 is 0 Å². The highest BCUT2D eigenvalue weighted by Crippen LogP contribution is 2.41. The number of piperidine rings is 1. The highest BCUT2D eigenvalue weighted by Gasteiger charge is 2.47. The normalized spacial score (nSPS) is 28.7. The van der Waals surface area contributed by atoms with Crippen LogP contribution in [0.25, 0.3) is 0 Å². The monoisotopic (exact) mass is 345 g/mol. The quantitative estimate of drug-likeness (QED) is 0.665. The zero-order valence-corrected chi connectivity index (χ0v) is 14.5. The van der Waals surface area contributed by atoms with Gasteiger partial charge in [-0.3, -0.25) is 14.4 Å². The number of fused-ring (bicyclic) bond motifs is 1. The largest absolute Gasteiger partial charge is 0.496 e. The number of ether oxygens (including phenoxy) is 2. The lowest BCUT2D eigenvalue weighted by Gasteiger charge is -2.40. The van der Waals surface area contributed by atoms with Crippen LogP contribution in [0.2, 0.25) is 0 Å². The summed E-state index contributed by atoms with van der Waals surface area (Å²) in [6, 6.07) is 7.41. The summed E-state index contributed by atoms with van der Waals surface area (Å²) < 4.78 is 10.4. The molecular weight excluding hydrogens is 322 g/mol. The molecule has 1 aromatic rings. The zero-order chi connectivity index (χ0) is 18.0. The summed E-state index contributed by atoms with van der Waals surface area (Å²) in [5.74, 6) is -1.24. The van der Waals surface area contributed by atoms with Crippen LogP contribution < -0.4 is 10.1 Å². The average Bonchev–Trinajstić information content (AvgIpc) is 2.61. The molecule has 1 saturated carbocycles. The Morgan fingerprint density at radius 3 is 2.72 bits per heavy atom. The molecule has 0 spiro atoms. The first-order valence-corrected chi connectivity index (χ1v) is 8.67. The molecule has 1 aromatic carbocycles. The molecule has 2 aliphatic rings. The first kappa shape index (κ1) is 17.5. The Balaban J connectivity index is 1.78. The third-order valence-corrected chi connectivity index (χ3v) is 5.17. The van der Waals surface area contributed by atoms with Crippen LogP contribution in [-0.2, 0) is 19.1 Å². The number of hydrogen-bond acceptors (Lipinski definition) is 5. The van der Waals surface area contributed by atoms with Gasteiger partial charge in [-0.05, 0) is 37.3 Å². The summed E-state index contributed by atoms with van der Waals surface area (Å²) in [6.07, 6.45) is 1.30. The molecule has 1 aliphatic carbocycles. The van der Waals surface area contributed by atoms with Gasteiger partial charge in [0.25, 0.3) is 0 Å². The van der Waals surface area contributed by atoms with Crippen LogP contribution in [0.3, 0.4) is 0 Å². The maximum absolute atomic E-state index is 12.7. The average molecular weight is 345 g/mol. The van der Waals surface area contributed by atoms with Crippen molar-refractivity contribution in [3.8, 4) is 5.75 Å². The minimum Gasteiger partial charge on any atom is -0.496 e. The van der Waals surface area contributed by atoms with Crippen LogP contribution in [-0.4, -0.2) is 37.4 Å². The second-order valence-corrected chi connectivity index (χ2v) is 6.61. The van der Waals surface area contributed by atoms with Crippen molar-refractivity contribution in [1.82, 2.24) is 5.32 Å². The van der Waals surface area contributed by atoms with E-state index in [2.05, 4.69) is 5.32 Å². The molecule has 1 heterocycles. The second-order valence-electron chi connectivity index (χ2n) is 6.61. The molecule has 25 heavy (non-hydrogen) atoms. The number of ketones is 1. The van der Waals surface area contributed by atoms with Crippen molar-refractivity contribution in [3.63, 3.8) is 0 Å². The SMILES string of the molecule is CCOC(=O)C1CC2C(=O)CC(c3ccccc3OC)CC2NC1=O. The van der Waals surface area contributed by atoms with E-state index in [1.54, 1.807) is 14.0 Å². The van der Waals surface area contributed by atoms with Crippen molar-refractivity contribution < 1.29 is 23.9 Å². The summed E-state index contributed by atoms with van der Waals surface area (Å²) in [6.45, 7) is 1.92. The lowest BCUT2D eigenvalue weighted by molar-refractivity contribution is -0.156. The smallest absolute Gasteiger partial charge is 0.318 e. The van der Waals surface area contributed by atoms with Gasteiger partial charge < -0.3 is 14.8 Å². The molecule has 4 unspecified atom stereocenters. The van der Waals surface area contributed by atoms with Gasteiger partial charge in [0.15, 0.2) is 0 Å². The number of para-hydroxylation sites is 1. The summed E-state index contributed by atoms with van der Waals surface area (Å²) in [4.78, 5) is 36.9. The van der Waals surface area contributed by atoms with Gasteiger partial charge in [0.2, 0.25) is 5.91 Å². The number of Topliss-reactive ketones (excluding diaryl/α,β-unsaturated/α-hetero) is 1. The van der Waals surface area contributed by atoms with E-state index in [0.717, 1.165) is 11.3 Å². The molecule has 1 N–H and O–H groups in total. The summed E-state index contributed by atoms with van der Waals surface area (Å²) in [7, 11) is 1.61. The summed E-state index contributed by atoms with van der Waals surface area (Å²) in [5, 5.41) is 2.87. The topological polar surface area (TPSA) is 81.7 Å². The minimum absolute atomic E-state index is 0.00402. The van der Waals surface area contributed by atoms with E-state index in [1.165, 1.54) is 0 Å². The van der Waals surface area contributed by atoms with Crippen molar-refractivity contribution in [2.45, 2.75) is 38.1 Å². The molecule has 3 rings (SSSR count). The Bertz CT molecular complexity index is 686. The molecule has 0 aromatic heterocycles. The summed E-state index contributed by atoms with van der Waals surface area (Å²) >= 11 is 0. The first-order valence-electron chi connectivity index (χ1n) is 8.67. The van der Waals surface area contributed by atoms with Gasteiger partial charge >= 0.3 is 5.97 Å². The van der Waals surface area contributed by atoms with E-state index in [9.17, 15) is 14.4 Å². The number of carbonyl (C=O) groups is 3. The fourth-order valence-electron chi connectivity index (χ4n) is 3.96. The standard InChI is InChI=1S/C19H23NO5/c1-3-25-19(23)14-10-13-15(20-18(14)22)8-11(9-16(13)21)12-6-4-5-7-17(12)24-2/h4-7,11,13-15H,3,8-10H2,1-2H3,(H,20,22). The predicted molar refractivity (Wildman–Crippen MR) is 90.1 cm³/mol. The molecule has 0 radical (unpaired) electrons.